The van der Waals surface area contributed by atoms with Gasteiger partial charge in [-0.25, -0.2) is 0 Å². The van der Waals surface area contributed by atoms with E-state index in [2.05, 4.69) is 29.8 Å². The van der Waals surface area contributed by atoms with E-state index in [4.69, 9.17) is 0 Å². The van der Waals surface area contributed by atoms with Crippen molar-refractivity contribution in [2.45, 2.75) is 64.3 Å². The molecule has 3 heteroatoms. The third-order valence-corrected chi connectivity index (χ3v) is 7.67. The highest BCUT2D eigenvalue weighted by molar-refractivity contribution is 9.09. The number of hydrogen-bond donors (Lipinski definition) is 0. The van der Waals surface area contributed by atoms with Crippen molar-refractivity contribution in [3.8, 4) is 0 Å². The number of carbonyl (C=O) groups is 1. The highest BCUT2D eigenvalue weighted by Crippen LogP contribution is 2.61. The number of halogens is 1. The Balaban J connectivity index is 1.70. The number of rotatable bonds is 4. The monoisotopic (exact) mass is 341 g/mol. The summed E-state index contributed by atoms with van der Waals surface area (Å²) in [6.07, 6.45) is 9.14. The molecular formula is C17H28BrNO. The molecule has 20 heavy (non-hydrogen) atoms. The Morgan fingerprint density at radius 1 is 1.15 bits per heavy atom. The van der Waals surface area contributed by atoms with Crippen molar-refractivity contribution in [1.29, 1.82) is 0 Å². The van der Waals surface area contributed by atoms with Crippen LogP contribution in [-0.2, 0) is 4.79 Å². The van der Waals surface area contributed by atoms with E-state index in [0.717, 1.165) is 29.5 Å². The molecule has 1 amide bonds. The average molecular weight is 342 g/mol. The van der Waals surface area contributed by atoms with Gasteiger partial charge >= 0.3 is 0 Å². The van der Waals surface area contributed by atoms with Crippen molar-refractivity contribution < 1.29 is 4.79 Å². The van der Waals surface area contributed by atoms with Gasteiger partial charge in [-0.2, -0.15) is 0 Å². The van der Waals surface area contributed by atoms with Crippen LogP contribution in [-0.4, -0.2) is 28.7 Å². The number of carbonyl (C=O) groups excluding carboxylic acids is 1. The van der Waals surface area contributed by atoms with Gasteiger partial charge in [-0.3, -0.25) is 4.79 Å². The van der Waals surface area contributed by atoms with Gasteiger partial charge in [-0.1, -0.05) is 15.9 Å². The van der Waals surface area contributed by atoms with Gasteiger partial charge in [-0.15, -0.1) is 0 Å². The van der Waals surface area contributed by atoms with Gasteiger partial charge in [0.25, 0.3) is 0 Å². The lowest BCUT2D eigenvalue weighted by Gasteiger charge is -2.57. The predicted molar refractivity (Wildman–Crippen MR) is 85.9 cm³/mol. The van der Waals surface area contributed by atoms with Crippen LogP contribution in [0.15, 0.2) is 0 Å². The van der Waals surface area contributed by atoms with Crippen molar-refractivity contribution in [1.82, 2.24) is 4.90 Å². The van der Waals surface area contributed by atoms with E-state index in [1.54, 1.807) is 0 Å². The van der Waals surface area contributed by atoms with Crippen molar-refractivity contribution in [2.75, 3.05) is 12.4 Å². The molecule has 2 nitrogen and oxygen atoms in total. The zero-order valence-corrected chi connectivity index (χ0v) is 14.7. The van der Waals surface area contributed by atoms with Crippen molar-refractivity contribution >= 4 is 21.8 Å². The number of alkyl halides is 1. The molecule has 0 spiro atoms. The smallest absolute Gasteiger partial charge is 0.223 e. The maximum absolute atomic E-state index is 12.7. The molecule has 0 aromatic heterocycles. The molecule has 0 atom stereocenters. The highest BCUT2D eigenvalue weighted by atomic mass is 79.9. The minimum absolute atomic E-state index is 0.0840. The second kappa shape index (κ2) is 5.00. The van der Waals surface area contributed by atoms with Gasteiger partial charge in [-0.05, 0) is 75.5 Å². The second-order valence-electron chi connectivity index (χ2n) is 8.49. The van der Waals surface area contributed by atoms with Crippen LogP contribution in [0.5, 0.6) is 0 Å². The Bertz CT molecular complexity index is 369. The molecule has 0 aliphatic heterocycles. The summed E-state index contributed by atoms with van der Waals surface area (Å²) in [5.74, 6) is 3.16. The van der Waals surface area contributed by atoms with Gasteiger partial charge in [0.05, 0.1) is 0 Å². The Morgan fingerprint density at radius 2 is 1.60 bits per heavy atom. The summed E-state index contributed by atoms with van der Waals surface area (Å²) in [6.45, 7) is 4.28. The number of amides is 1. The van der Waals surface area contributed by atoms with Crippen molar-refractivity contribution in [3.05, 3.63) is 0 Å². The lowest BCUT2D eigenvalue weighted by atomic mass is 9.49. The van der Waals surface area contributed by atoms with Crippen LogP contribution in [0.2, 0.25) is 0 Å². The van der Waals surface area contributed by atoms with Gasteiger partial charge in [0.2, 0.25) is 5.91 Å². The van der Waals surface area contributed by atoms with E-state index >= 15 is 0 Å². The quantitative estimate of drug-likeness (QED) is 0.701. The fraction of sp³-hybridized carbons (Fsp3) is 0.941. The summed E-state index contributed by atoms with van der Waals surface area (Å²) in [5.41, 5.74) is 0.280. The summed E-state index contributed by atoms with van der Waals surface area (Å²) < 4.78 is 0. The summed E-state index contributed by atoms with van der Waals surface area (Å²) in [5, 5.41) is 0.836. The SMILES string of the molecule is CN(C(=O)CC12CC3CC(CC(C3)C1)C2)C(C)(C)CBr. The molecule has 4 saturated carbocycles. The van der Waals surface area contributed by atoms with Crippen LogP contribution in [0.4, 0.5) is 0 Å². The van der Waals surface area contributed by atoms with Gasteiger partial charge < -0.3 is 4.90 Å². The van der Waals surface area contributed by atoms with E-state index in [9.17, 15) is 4.79 Å². The molecule has 0 saturated heterocycles. The van der Waals surface area contributed by atoms with Crippen LogP contribution < -0.4 is 0 Å². The van der Waals surface area contributed by atoms with E-state index in [0.29, 0.717) is 11.3 Å². The third kappa shape index (κ3) is 2.55. The standard InChI is InChI=1S/C17H28BrNO/c1-16(2,11-18)19(3)15(20)10-17-7-12-4-13(8-17)6-14(5-12)9-17/h12-14H,4-11H2,1-3H3. The van der Waals surface area contributed by atoms with E-state index in [1.807, 2.05) is 11.9 Å². The third-order valence-electron chi connectivity index (χ3n) is 6.30. The second-order valence-corrected chi connectivity index (χ2v) is 9.05. The minimum atomic E-state index is -0.0840. The Hall–Kier alpha value is -0.0500. The largest absolute Gasteiger partial charge is 0.340 e. The lowest BCUT2D eigenvalue weighted by Crippen LogP contribution is -2.51. The van der Waals surface area contributed by atoms with Crippen LogP contribution in [0.25, 0.3) is 0 Å². The molecule has 0 aromatic carbocycles. The molecule has 0 radical (unpaired) electrons. The Kier molecular flexibility index (Phi) is 3.72. The van der Waals surface area contributed by atoms with Gasteiger partial charge in [0.15, 0.2) is 0 Å². The number of hydrogen-bond acceptors (Lipinski definition) is 1. The minimum Gasteiger partial charge on any atom is -0.340 e. The average Bonchev–Trinajstić information content (AvgIpc) is 2.35. The molecule has 4 aliphatic carbocycles. The summed E-state index contributed by atoms with van der Waals surface area (Å²) in [7, 11) is 1.98. The zero-order chi connectivity index (χ0) is 14.5. The van der Waals surface area contributed by atoms with E-state index < -0.39 is 0 Å². The molecular weight excluding hydrogens is 314 g/mol. The molecule has 0 N–H and O–H groups in total. The van der Waals surface area contributed by atoms with Gasteiger partial charge in [0.1, 0.15) is 0 Å². The lowest BCUT2D eigenvalue weighted by molar-refractivity contribution is -0.142. The van der Waals surface area contributed by atoms with Crippen LogP contribution >= 0.6 is 15.9 Å². The normalized spacial score (nSPS) is 39.1. The fourth-order valence-corrected chi connectivity index (χ4v) is 5.75. The van der Waals surface area contributed by atoms with E-state index in [1.165, 1.54) is 38.5 Å². The van der Waals surface area contributed by atoms with Gasteiger partial charge in [0, 0.05) is 24.3 Å². The maximum Gasteiger partial charge on any atom is 0.223 e. The van der Waals surface area contributed by atoms with Crippen LogP contribution in [0.1, 0.15) is 58.8 Å². The fourth-order valence-electron chi connectivity index (χ4n) is 5.37. The molecule has 0 aromatic rings. The molecule has 4 rings (SSSR count). The molecule has 4 aliphatic rings. The van der Waals surface area contributed by atoms with Crippen molar-refractivity contribution in [2.24, 2.45) is 23.2 Å². The summed E-state index contributed by atoms with van der Waals surface area (Å²) in [6, 6.07) is 0. The van der Waals surface area contributed by atoms with Crippen LogP contribution in [0.3, 0.4) is 0 Å². The van der Waals surface area contributed by atoms with E-state index in [-0.39, 0.29) is 5.54 Å². The molecule has 0 unspecified atom stereocenters. The summed E-state index contributed by atoms with van der Waals surface area (Å²) >= 11 is 3.54. The Morgan fingerprint density at radius 3 is 2.00 bits per heavy atom. The first-order valence-corrected chi connectivity index (χ1v) is 9.28. The first-order chi connectivity index (χ1) is 9.33. The van der Waals surface area contributed by atoms with Crippen molar-refractivity contribution in [3.63, 3.8) is 0 Å². The topological polar surface area (TPSA) is 20.3 Å². The van der Waals surface area contributed by atoms with Crippen LogP contribution in [0, 0.1) is 23.2 Å². The molecule has 114 valence electrons. The number of nitrogens with zero attached hydrogens (tertiary/aromatic N) is 1. The molecule has 4 fully saturated rings. The molecule has 4 bridgehead atoms. The zero-order valence-electron chi connectivity index (χ0n) is 13.1. The first kappa shape index (κ1) is 14.9. The molecule has 0 heterocycles. The Labute approximate surface area is 131 Å². The first-order valence-electron chi connectivity index (χ1n) is 8.16. The highest BCUT2D eigenvalue weighted by Gasteiger charge is 2.51. The summed E-state index contributed by atoms with van der Waals surface area (Å²) in [4.78, 5) is 14.7. The maximum atomic E-state index is 12.7. The predicted octanol–water partition coefficient (Wildman–Crippen LogP) is 4.22.